The number of carbonyl (C=O) groups excluding carboxylic acids is 2. The fraction of sp³-hybridized carbons (Fsp3) is 0.263. The van der Waals surface area contributed by atoms with Crippen molar-refractivity contribution in [1.82, 2.24) is 5.32 Å². The highest BCUT2D eigenvalue weighted by Gasteiger charge is 2.59. The number of primary amides is 1. The first-order valence-electron chi connectivity index (χ1n) is 8.26. The molecular weight excluding hydrogens is 318 g/mol. The normalized spacial score (nSPS) is 27.3. The number of benzene rings is 2. The molecule has 0 aliphatic carbocycles. The van der Waals surface area contributed by atoms with Gasteiger partial charge in [0.1, 0.15) is 11.3 Å². The van der Waals surface area contributed by atoms with Gasteiger partial charge in [0.25, 0.3) is 0 Å². The summed E-state index contributed by atoms with van der Waals surface area (Å²) in [5.41, 5.74) is 7.06. The number of nitrogens with one attached hydrogen (secondary N) is 2. The smallest absolute Gasteiger partial charge is 0.250 e. The highest BCUT2D eigenvalue weighted by Crippen LogP contribution is 2.47. The summed E-state index contributed by atoms with van der Waals surface area (Å²) in [5.74, 6) is -1.12. The average molecular weight is 337 g/mol. The molecule has 3 unspecified atom stereocenters. The highest BCUT2D eigenvalue weighted by atomic mass is 16.3. The minimum Gasteiger partial charge on any atom is -0.508 e. The molecule has 2 aromatic carbocycles. The molecule has 2 aliphatic heterocycles. The molecule has 0 saturated carbocycles. The zero-order valence-electron chi connectivity index (χ0n) is 13.5. The van der Waals surface area contributed by atoms with Crippen LogP contribution in [0, 0.1) is 5.92 Å². The summed E-state index contributed by atoms with van der Waals surface area (Å²) in [4.78, 5) is 24.9. The Morgan fingerprint density at radius 2 is 1.92 bits per heavy atom. The van der Waals surface area contributed by atoms with Crippen molar-refractivity contribution in [1.29, 1.82) is 0 Å². The first kappa shape index (κ1) is 15.7. The molecule has 128 valence electrons. The summed E-state index contributed by atoms with van der Waals surface area (Å²) < 4.78 is 0. The number of phenolic OH excluding ortho intramolecular Hbond substituents is 1. The van der Waals surface area contributed by atoms with Crippen LogP contribution in [0.25, 0.3) is 0 Å². The van der Waals surface area contributed by atoms with E-state index in [-0.39, 0.29) is 17.7 Å². The van der Waals surface area contributed by atoms with Crippen LogP contribution in [0.15, 0.2) is 48.5 Å². The van der Waals surface area contributed by atoms with E-state index in [9.17, 15) is 14.7 Å². The first-order chi connectivity index (χ1) is 12.0. The molecule has 6 nitrogen and oxygen atoms in total. The molecule has 0 bridgehead atoms. The molecule has 2 aliphatic rings. The molecule has 0 radical (unpaired) electrons. The van der Waals surface area contributed by atoms with Gasteiger partial charge < -0.3 is 16.2 Å². The van der Waals surface area contributed by atoms with Crippen LogP contribution in [0.1, 0.15) is 17.5 Å². The largest absolute Gasteiger partial charge is 0.508 e. The van der Waals surface area contributed by atoms with Gasteiger partial charge in [-0.3, -0.25) is 14.9 Å². The summed E-state index contributed by atoms with van der Waals surface area (Å²) in [6.07, 6.45) is 1.12. The number of anilines is 1. The van der Waals surface area contributed by atoms with Crippen LogP contribution < -0.4 is 16.4 Å². The summed E-state index contributed by atoms with van der Waals surface area (Å²) in [5, 5.41) is 15.7. The zero-order chi connectivity index (χ0) is 17.6. The van der Waals surface area contributed by atoms with E-state index in [4.69, 9.17) is 5.73 Å². The monoisotopic (exact) mass is 337 g/mol. The molecule has 2 amide bonds. The lowest BCUT2D eigenvalue weighted by Gasteiger charge is -2.28. The molecule has 5 N–H and O–H groups in total. The first-order valence-corrected chi connectivity index (χ1v) is 8.26. The van der Waals surface area contributed by atoms with Gasteiger partial charge in [0.15, 0.2) is 0 Å². The van der Waals surface area contributed by atoms with Crippen LogP contribution in [0.3, 0.4) is 0 Å². The van der Waals surface area contributed by atoms with E-state index < -0.39 is 17.4 Å². The Morgan fingerprint density at radius 1 is 1.20 bits per heavy atom. The van der Waals surface area contributed by atoms with Crippen molar-refractivity contribution < 1.29 is 14.7 Å². The van der Waals surface area contributed by atoms with Crippen LogP contribution in [-0.4, -0.2) is 23.0 Å². The van der Waals surface area contributed by atoms with Crippen molar-refractivity contribution in [3.05, 3.63) is 59.7 Å². The molecule has 1 saturated heterocycles. The van der Waals surface area contributed by atoms with Gasteiger partial charge in [-0.2, -0.15) is 0 Å². The summed E-state index contributed by atoms with van der Waals surface area (Å²) in [6.45, 7) is 0. The Bertz CT molecular complexity index is 849. The lowest BCUT2D eigenvalue weighted by atomic mass is 9.79. The van der Waals surface area contributed by atoms with Gasteiger partial charge in [0, 0.05) is 17.3 Å². The number of para-hydroxylation sites is 1. The zero-order valence-corrected chi connectivity index (χ0v) is 13.5. The number of aromatic hydroxyl groups is 1. The Morgan fingerprint density at radius 3 is 2.64 bits per heavy atom. The molecule has 2 heterocycles. The van der Waals surface area contributed by atoms with Crippen LogP contribution >= 0.6 is 0 Å². The van der Waals surface area contributed by atoms with E-state index in [0.29, 0.717) is 12.8 Å². The highest BCUT2D eigenvalue weighted by molar-refractivity contribution is 6.09. The lowest BCUT2D eigenvalue weighted by Crippen LogP contribution is -2.52. The van der Waals surface area contributed by atoms with Gasteiger partial charge >= 0.3 is 0 Å². The number of hydrogen-bond donors (Lipinski definition) is 4. The van der Waals surface area contributed by atoms with E-state index in [0.717, 1.165) is 16.8 Å². The molecule has 3 atom stereocenters. The van der Waals surface area contributed by atoms with Gasteiger partial charge in [0.05, 0.1) is 5.92 Å². The summed E-state index contributed by atoms with van der Waals surface area (Å²) in [7, 11) is 0. The maximum Gasteiger partial charge on any atom is 0.250 e. The maximum absolute atomic E-state index is 12.8. The SMILES string of the molecule is NC(=O)C1CC(Cc2ccc(O)cc2)NC12C(=O)Nc1ccccc12. The summed E-state index contributed by atoms with van der Waals surface area (Å²) in [6, 6.07) is 14.3. The fourth-order valence-electron chi connectivity index (χ4n) is 4.09. The van der Waals surface area contributed by atoms with E-state index in [1.165, 1.54) is 0 Å². The molecule has 25 heavy (non-hydrogen) atoms. The second-order valence-corrected chi connectivity index (χ2v) is 6.71. The Labute approximate surface area is 145 Å². The molecule has 6 heteroatoms. The van der Waals surface area contributed by atoms with E-state index in [2.05, 4.69) is 10.6 Å². The third-order valence-corrected chi connectivity index (χ3v) is 5.19. The van der Waals surface area contributed by atoms with Crippen molar-refractivity contribution in [2.75, 3.05) is 5.32 Å². The van der Waals surface area contributed by atoms with Gasteiger partial charge in [-0.1, -0.05) is 30.3 Å². The van der Waals surface area contributed by atoms with E-state index in [1.807, 2.05) is 36.4 Å². The van der Waals surface area contributed by atoms with Gasteiger partial charge in [-0.25, -0.2) is 0 Å². The molecular formula is C19H19N3O3. The Balaban J connectivity index is 1.69. The van der Waals surface area contributed by atoms with Crippen LogP contribution in [0.2, 0.25) is 0 Å². The van der Waals surface area contributed by atoms with Crippen molar-refractivity contribution in [3.63, 3.8) is 0 Å². The van der Waals surface area contributed by atoms with Gasteiger partial charge in [-0.15, -0.1) is 0 Å². The lowest BCUT2D eigenvalue weighted by molar-refractivity contribution is -0.131. The van der Waals surface area contributed by atoms with Crippen molar-refractivity contribution in [2.45, 2.75) is 24.4 Å². The third kappa shape index (κ3) is 2.37. The van der Waals surface area contributed by atoms with Crippen LogP contribution in [-0.2, 0) is 21.5 Å². The number of carbonyl (C=O) groups is 2. The summed E-state index contributed by atoms with van der Waals surface area (Å²) >= 11 is 0. The Kier molecular flexibility index (Phi) is 3.51. The average Bonchev–Trinajstić information content (AvgIpc) is 3.10. The molecule has 1 spiro atoms. The number of amides is 2. The quantitative estimate of drug-likeness (QED) is 0.676. The number of hydrogen-bond acceptors (Lipinski definition) is 4. The number of phenols is 1. The standard InChI is InChI=1S/C19H19N3O3/c20-17(24)15-10-12(9-11-5-7-13(23)8-6-11)22-19(15)14-3-1-2-4-16(14)21-18(19)25/h1-8,12,15,22-23H,9-10H2,(H2,20,24)(H,21,25). The second kappa shape index (κ2) is 5.60. The molecule has 4 rings (SSSR count). The minimum atomic E-state index is -1.11. The van der Waals surface area contributed by atoms with E-state index >= 15 is 0 Å². The number of rotatable bonds is 3. The van der Waals surface area contributed by atoms with Crippen molar-refractivity contribution in [2.24, 2.45) is 11.7 Å². The topological polar surface area (TPSA) is 104 Å². The van der Waals surface area contributed by atoms with E-state index in [1.54, 1.807) is 12.1 Å². The van der Waals surface area contributed by atoms with Gasteiger partial charge in [0.2, 0.25) is 11.8 Å². The molecule has 2 aromatic rings. The molecule has 0 aromatic heterocycles. The number of fused-ring (bicyclic) bond motifs is 2. The van der Waals surface area contributed by atoms with Gasteiger partial charge in [-0.05, 0) is 36.6 Å². The molecule has 1 fully saturated rings. The minimum absolute atomic E-state index is 0.0704. The fourth-order valence-corrected chi connectivity index (χ4v) is 4.09. The third-order valence-electron chi connectivity index (χ3n) is 5.19. The predicted molar refractivity (Wildman–Crippen MR) is 92.8 cm³/mol. The van der Waals surface area contributed by atoms with Crippen molar-refractivity contribution >= 4 is 17.5 Å². The second-order valence-electron chi connectivity index (χ2n) is 6.71. The van der Waals surface area contributed by atoms with Crippen LogP contribution in [0.5, 0.6) is 5.75 Å². The predicted octanol–water partition coefficient (Wildman–Crippen LogP) is 1.25. The van der Waals surface area contributed by atoms with Crippen molar-refractivity contribution in [3.8, 4) is 5.75 Å². The number of nitrogens with two attached hydrogens (primary N) is 1. The Hall–Kier alpha value is -2.86. The maximum atomic E-state index is 12.8. The van der Waals surface area contributed by atoms with Crippen LogP contribution in [0.4, 0.5) is 5.69 Å².